The van der Waals surface area contributed by atoms with Gasteiger partial charge in [-0.05, 0) is 34.1 Å². The highest BCUT2D eigenvalue weighted by Crippen LogP contribution is 2.08. The predicted molar refractivity (Wildman–Crippen MR) is 77.3 cm³/mol. The standard InChI is InChI=1S/C13H26N4O3/c1-6-7-9(10(14)17-20)12(19)15-8(2)11(18)16-13(3,4)5/h8-9,20H,6-7H2,1-5H3,(H2,14,17)(H,15,19)(H,16,18). The van der Waals surface area contributed by atoms with E-state index in [1.165, 1.54) is 0 Å². The summed E-state index contributed by atoms with van der Waals surface area (Å²) in [6, 6.07) is -0.687. The van der Waals surface area contributed by atoms with Gasteiger partial charge in [0.15, 0.2) is 5.84 Å². The van der Waals surface area contributed by atoms with E-state index in [2.05, 4.69) is 15.8 Å². The number of nitrogens with zero attached hydrogens (tertiary/aromatic N) is 1. The van der Waals surface area contributed by atoms with Gasteiger partial charge in [0.2, 0.25) is 11.8 Å². The van der Waals surface area contributed by atoms with Crippen molar-refractivity contribution < 1.29 is 14.8 Å². The zero-order valence-electron chi connectivity index (χ0n) is 12.9. The molecule has 2 amide bonds. The molecule has 5 N–H and O–H groups in total. The zero-order valence-corrected chi connectivity index (χ0v) is 12.9. The molecule has 0 aliphatic carbocycles. The Bertz CT molecular complexity index is 374. The average Bonchev–Trinajstić information content (AvgIpc) is 2.32. The Morgan fingerprint density at radius 1 is 1.30 bits per heavy atom. The number of amidine groups is 1. The highest BCUT2D eigenvalue weighted by Gasteiger charge is 2.26. The summed E-state index contributed by atoms with van der Waals surface area (Å²) in [5.41, 5.74) is 5.13. The van der Waals surface area contributed by atoms with E-state index in [-0.39, 0.29) is 17.3 Å². The molecule has 0 heterocycles. The maximum absolute atomic E-state index is 12.1. The van der Waals surface area contributed by atoms with Crippen LogP contribution in [0.15, 0.2) is 5.16 Å². The normalized spacial score (nSPS) is 15.3. The average molecular weight is 286 g/mol. The Kier molecular flexibility index (Phi) is 7.02. The molecule has 116 valence electrons. The van der Waals surface area contributed by atoms with Crippen LogP contribution in [-0.4, -0.2) is 34.4 Å². The van der Waals surface area contributed by atoms with Crippen molar-refractivity contribution in [1.29, 1.82) is 0 Å². The molecule has 20 heavy (non-hydrogen) atoms. The van der Waals surface area contributed by atoms with Crippen molar-refractivity contribution in [2.45, 2.75) is 59.0 Å². The largest absolute Gasteiger partial charge is 0.409 e. The van der Waals surface area contributed by atoms with Crippen molar-refractivity contribution in [3.8, 4) is 0 Å². The van der Waals surface area contributed by atoms with Crippen molar-refractivity contribution in [2.24, 2.45) is 16.8 Å². The summed E-state index contributed by atoms with van der Waals surface area (Å²) < 4.78 is 0. The molecule has 2 atom stereocenters. The summed E-state index contributed by atoms with van der Waals surface area (Å²) in [5, 5.41) is 16.9. The maximum atomic E-state index is 12.1. The van der Waals surface area contributed by atoms with E-state index in [4.69, 9.17) is 10.9 Å². The first-order valence-corrected chi connectivity index (χ1v) is 6.72. The van der Waals surface area contributed by atoms with Crippen LogP contribution in [-0.2, 0) is 9.59 Å². The van der Waals surface area contributed by atoms with Crippen molar-refractivity contribution in [2.75, 3.05) is 0 Å². The molecule has 0 aromatic carbocycles. The van der Waals surface area contributed by atoms with Crippen molar-refractivity contribution in [3.63, 3.8) is 0 Å². The summed E-state index contributed by atoms with van der Waals surface area (Å²) >= 11 is 0. The van der Waals surface area contributed by atoms with Gasteiger partial charge >= 0.3 is 0 Å². The number of rotatable bonds is 6. The fourth-order valence-corrected chi connectivity index (χ4v) is 1.63. The molecular weight excluding hydrogens is 260 g/mol. The zero-order chi connectivity index (χ0) is 15.9. The lowest BCUT2D eigenvalue weighted by Gasteiger charge is -2.24. The van der Waals surface area contributed by atoms with Crippen LogP contribution >= 0.6 is 0 Å². The summed E-state index contributed by atoms with van der Waals surface area (Å²) in [6.07, 6.45) is 1.16. The molecule has 0 aromatic heterocycles. The van der Waals surface area contributed by atoms with Gasteiger partial charge in [-0.15, -0.1) is 0 Å². The van der Waals surface area contributed by atoms with Gasteiger partial charge in [-0.3, -0.25) is 9.59 Å². The molecule has 0 aliphatic heterocycles. The van der Waals surface area contributed by atoms with E-state index in [1.54, 1.807) is 6.92 Å². The first-order chi connectivity index (χ1) is 9.12. The molecule has 0 aliphatic rings. The van der Waals surface area contributed by atoms with E-state index in [0.29, 0.717) is 12.8 Å². The van der Waals surface area contributed by atoms with Gasteiger partial charge < -0.3 is 21.6 Å². The second-order valence-electron chi connectivity index (χ2n) is 5.84. The van der Waals surface area contributed by atoms with Crippen LogP contribution in [0.4, 0.5) is 0 Å². The van der Waals surface area contributed by atoms with Crippen LogP contribution in [0, 0.1) is 5.92 Å². The summed E-state index contributed by atoms with van der Waals surface area (Å²) in [6.45, 7) is 9.05. The van der Waals surface area contributed by atoms with Crippen LogP contribution < -0.4 is 16.4 Å². The molecule has 0 radical (unpaired) electrons. The fraction of sp³-hybridized carbons (Fsp3) is 0.769. The number of amides is 2. The van der Waals surface area contributed by atoms with Gasteiger partial charge in [-0.25, -0.2) is 0 Å². The van der Waals surface area contributed by atoms with E-state index < -0.39 is 17.9 Å². The van der Waals surface area contributed by atoms with Crippen LogP contribution in [0.5, 0.6) is 0 Å². The summed E-state index contributed by atoms with van der Waals surface area (Å²) in [4.78, 5) is 23.9. The van der Waals surface area contributed by atoms with Crippen LogP contribution in [0.1, 0.15) is 47.5 Å². The lowest BCUT2D eigenvalue weighted by atomic mass is 10.0. The minimum Gasteiger partial charge on any atom is -0.409 e. The molecule has 0 rings (SSSR count). The van der Waals surface area contributed by atoms with E-state index in [9.17, 15) is 9.59 Å². The monoisotopic (exact) mass is 286 g/mol. The Hall–Kier alpha value is -1.79. The number of nitrogens with two attached hydrogens (primary N) is 1. The van der Waals surface area contributed by atoms with E-state index in [1.807, 2.05) is 27.7 Å². The minimum absolute atomic E-state index is 0.146. The van der Waals surface area contributed by atoms with E-state index >= 15 is 0 Å². The lowest BCUT2D eigenvalue weighted by Crippen LogP contribution is -2.52. The smallest absolute Gasteiger partial charge is 0.242 e. The molecule has 7 nitrogen and oxygen atoms in total. The molecule has 7 heteroatoms. The molecule has 2 unspecified atom stereocenters. The third-order valence-corrected chi connectivity index (χ3v) is 2.62. The maximum Gasteiger partial charge on any atom is 0.242 e. The molecule has 0 bridgehead atoms. The van der Waals surface area contributed by atoms with Gasteiger partial charge in [0.25, 0.3) is 0 Å². The third kappa shape index (κ3) is 6.40. The van der Waals surface area contributed by atoms with Gasteiger partial charge in [-0.1, -0.05) is 18.5 Å². The van der Waals surface area contributed by atoms with Crippen molar-refractivity contribution in [3.05, 3.63) is 0 Å². The SMILES string of the molecule is CCCC(C(=O)NC(C)C(=O)NC(C)(C)C)C(N)=NO. The highest BCUT2D eigenvalue weighted by atomic mass is 16.4. The number of carbonyl (C=O) groups excluding carboxylic acids is 2. The molecule has 0 aromatic rings. The number of hydrogen-bond donors (Lipinski definition) is 4. The predicted octanol–water partition coefficient (Wildman–Crippen LogP) is 0.569. The topological polar surface area (TPSA) is 117 Å². The van der Waals surface area contributed by atoms with Gasteiger partial charge in [0.1, 0.15) is 6.04 Å². The Morgan fingerprint density at radius 3 is 2.25 bits per heavy atom. The highest BCUT2D eigenvalue weighted by molar-refractivity contribution is 6.03. The van der Waals surface area contributed by atoms with Crippen molar-refractivity contribution in [1.82, 2.24) is 10.6 Å². The molecule has 0 saturated carbocycles. The second-order valence-corrected chi connectivity index (χ2v) is 5.84. The Morgan fingerprint density at radius 2 is 1.85 bits per heavy atom. The van der Waals surface area contributed by atoms with Gasteiger partial charge in [-0.2, -0.15) is 0 Å². The number of hydrogen-bond acceptors (Lipinski definition) is 4. The minimum atomic E-state index is -0.727. The van der Waals surface area contributed by atoms with Gasteiger partial charge in [0, 0.05) is 5.54 Å². The summed E-state index contributed by atoms with van der Waals surface area (Å²) in [7, 11) is 0. The number of nitrogens with one attached hydrogen (secondary N) is 2. The van der Waals surface area contributed by atoms with E-state index in [0.717, 1.165) is 0 Å². The summed E-state index contributed by atoms with van der Waals surface area (Å²) in [5.74, 6) is -1.57. The van der Waals surface area contributed by atoms with Crippen LogP contribution in [0.25, 0.3) is 0 Å². The quantitative estimate of drug-likeness (QED) is 0.247. The first-order valence-electron chi connectivity index (χ1n) is 6.72. The molecule has 0 saturated heterocycles. The second kappa shape index (κ2) is 7.72. The fourth-order valence-electron chi connectivity index (χ4n) is 1.63. The number of carbonyl (C=O) groups is 2. The van der Waals surface area contributed by atoms with Crippen molar-refractivity contribution >= 4 is 17.6 Å². The molecule has 0 spiro atoms. The first kappa shape index (κ1) is 18.2. The molecular formula is C13H26N4O3. The Labute approximate surface area is 120 Å². The van der Waals surface area contributed by atoms with Crippen LogP contribution in [0.3, 0.4) is 0 Å². The molecule has 0 fully saturated rings. The van der Waals surface area contributed by atoms with Gasteiger partial charge in [0.05, 0.1) is 5.92 Å². The lowest BCUT2D eigenvalue weighted by molar-refractivity contribution is -0.130. The number of oxime groups is 1. The Balaban J connectivity index is 4.67. The third-order valence-electron chi connectivity index (χ3n) is 2.62. The van der Waals surface area contributed by atoms with Crippen LogP contribution in [0.2, 0.25) is 0 Å².